The van der Waals surface area contributed by atoms with E-state index in [2.05, 4.69) is 4.74 Å². The van der Waals surface area contributed by atoms with Gasteiger partial charge >= 0.3 is 5.97 Å². The number of nitrogens with zero attached hydrogens (tertiary/aromatic N) is 1. The summed E-state index contributed by atoms with van der Waals surface area (Å²) in [7, 11) is 1.23. The summed E-state index contributed by atoms with van der Waals surface area (Å²) in [6.45, 7) is 0. The summed E-state index contributed by atoms with van der Waals surface area (Å²) in [5.74, 6) is -0.644. The van der Waals surface area contributed by atoms with E-state index in [0.29, 0.717) is 5.69 Å². The Kier molecular flexibility index (Phi) is 3.47. The minimum atomic E-state index is -0.644. The van der Waals surface area contributed by atoms with Crippen LogP contribution in [0.5, 0.6) is 0 Å². The Morgan fingerprint density at radius 1 is 1.47 bits per heavy atom. The van der Waals surface area contributed by atoms with Gasteiger partial charge in [0.05, 0.1) is 7.11 Å². The van der Waals surface area contributed by atoms with Crippen LogP contribution < -0.4 is 5.73 Å². The van der Waals surface area contributed by atoms with Crippen molar-refractivity contribution >= 4 is 17.7 Å². The Bertz CT molecular complexity index is 427. The molecule has 0 atom stereocenters. The molecule has 0 aliphatic carbocycles. The fraction of sp³-hybridized carbons (Fsp3) is 0.0909. The number of carbonyl (C=O) groups is 1. The number of carbonyl (C=O) groups excluding carboxylic acids is 1. The summed E-state index contributed by atoms with van der Waals surface area (Å²) < 4.78 is 4.44. The number of esters is 1. The average molecular weight is 202 g/mol. The quantitative estimate of drug-likeness (QED) is 0.340. The molecule has 0 aliphatic heterocycles. The van der Waals surface area contributed by atoms with Gasteiger partial charge in [0.25, 0.3) is 0 Å². The molecular weight excluding hydrogens is 192 g/mol. The Labute approximate surface area is 87.6 Å². The van der Waals surface area contributed by atoms with Gasteiger partial charge in [-0.25, -0.2) is 4.79 Å². The van der Waals surface area contributed by atoms with E-state index in [9.17, 15) is 4.79 Å². The lowest BCUT2D eigenvalue weighted by Crippen LogP contribution is -2.02. The van der Waals surface area contributed by atoms with Gasteiger partial charge in [0.1, 0.15) is 11.6 Å². The van der Waals surface area contributed by atoms with E-state index in [4.69, 9.17) is 11.0 Å². The maximum Gasteiger partial charge on any atom is 0.348 e. The minimum Gasteiger partial charge on any atom is -0.465 e. The van der Waals surface area contributed by atoms with Crippen molar-refractivity contribution in [3.63, 3.8) is 0 Å². The van der Waals surface area contributed by atoms with Gasteiger partial charge in [-0.05, 0) is 23.8 Å². The maximum atomic E-state index is 11.1. The predicted octanol–water partition coefficient (Wildman–Crippen LogP) is 1.35. The molecule has 0 aromatic heterocycles. The Balaban J connectivity index is 3.00. The van der Waals surface area contributed by atoms with Crippen molar-refractivity contribution < 1.29 is 9.53 Å². The van der Waals surface area contributed by atoms with E-state index in [0.717, 1.165) is 5.56 Å². The molecule has 4 heteroatoms. The highest BCUT2D eigenvalue weighted by molar-refractivity contribution is 5.97. The Morgan fingerprint density at radius 3 is 2.53 bits per heavy atom. The first-order chi connectivity index (χ1) is 7.17. The van der Waals surface area contributed by atoms with E-state index >= 15 is 0 Å². The molecule has 0 saturated carbocycles. The molecule has 0 heterocycles. The normalized spacial score (nSPS) is 10.5. The molecule has 1 rings (SSSR count). The van der Waals surface area contributed by atoms with Crippen LogP contribution in [0.15, 0.2) is 29.8 Å². The molecule has 4 nitrogen and oxygen atoms in total. The monoisotopic (exact) mass is 202 g/mol. The van der Waals surface area contributed by atoms with Crippen molar-refractivity contribution in [3.05, 3.63) is 35.4 Å². The molecule has 0 amide bonds. The fourth-order valence-electron chi connectivity index (χ4n) is 1.01. The van der Waals surface area contributed by atoms with E-state index in [1.54, 1.807) is 30.3 Å². The van der Waals surface area contributed by atoms with Crippen LogP contribution in [0.2, 0.25) is 0 Å². The topological polar surface area (TPSA) is 76.1 Å². The average Bonchev–Trinajstić information content (AvgIpc) is 2.27. The number of benzene rings is 1. The number of anilines is 1. The van der Waals surface area contributed by atoms with E-state index in [1.807, 2.05) is 0 Å². The van der Waals surface area contributed by atoms with Crippen molar-refractivity contribution in [2.75, 3.05) is 12.8 Å². The molecule has 0 saturated heterocycles. The second-order valence-electron chi connectivity index (χ2n) is 2.83. The van der Waals surface area contributed by atoms with Crippen molar-refractivity contribution in [1.29, 1.82) is 5.26 Å². The van der Waals surface area contributed by atoms with Gasteiger partial charge in [0, 0.05) is 5.69 Å². The molecule has 0 spiro atoms. The van der Waals surface area contributed by atoms with E-state index < -0.39 is 5.97 Å². The molecule has 1 aromatic carbocycles. The lowest BCUT2D eigenvalue weighted by Gasteiger charge is -1.97. The van der Waals surface area contributed by atoms with Crippen LogP contribution in [-0.2, 0) is 9.53 Å². The first kappa shape index (κ1) is 10.8. The Hall–Kier alpha value is -2.28. The summed E-state index contributed by atoms with van der Waals surface area (Å²) in [5.41, 5.74) is 6.82. The number of nitriles is 1. The fourth-order valence-corrected chi connectivity index (χ4v) is 1.01. The van der Waals surface area contributed by atoms with Crippen LogP contribution in [-0.4, -0.2) is 13.1 Å². The zero-order valence-electron chi connectivity index (χ0n) is 8.23. The van der Waals surface area contributed by atoms with Crippen LogP contribution in [0.3, 0.4) is 0 Å². The zero-order valence-corrected chi connectivity index (χ0v) is 8.23. The smallest absolute Gasteiger partial charge is 0.348 e. The highest BCUT2D eigenvalue weighted by atomic mass is 16.5. The van der Waals surface area contributed by atoms with Crippen molar-refractivity contribution in [2.45, 2.75) is 0 Å². The van der Waals surface area contributed by atoms with Gasteiger partial charge in [-0.15, -0.1) is 0 Å². The SMILES string of the molecule is COC(=O)/C(C#N)=C/c1ccc(N)cc1. The molecular formula is C11H10N2O2. The van der Waals surface area contributed by atoms with Crippen LogP contribution >= 0.6 is 0 Å². The minimum absolute atomic E-state index is 0.0396. The van der Waals surface area contributed by atoms with Crippen molar-refractivity contribution in [3.8, 4) is 6.07 Å². The molecule has 15 heavy (non-hydrogen) atoms. The van der Waals surface area contributed by atoms with Crippen LogP contribution in [0.1, 0.15) is 5.56 Å². The molecule has 1 aromatic rings. The van der Waals surface area contributed by atoms with Gasteiger partial charge in [-0.2, -0.15) is 5.26 Å². The molecule has 2 N–H and O–H groups in total. The number of methoxy groups -OCH3 is 1. The largest absolute Gasteiger partial charge is 0.465 e. The lowest BCUT2D eigenvalue weighted by molar-refractivity contribution is -0.135. The summed E-state index contributed by atoms with van der Waals surface area (Å²) in [4.78, 5) is 11.1. The first-order valence-electron chi connectivity index (χ1n) is 4.23. The number of rotatable bonds is 2. The maximum absolute atomic E-state index is 11.1. The summed E-state index contributed by atoms with van der Waals surface area (Å²) in [6, 6.07) is 8.59. The third-order valence-corrected chi connectivity index (χ3v) is 1.77. The third-order valence-electron chi connectivity index (χ3n) is 1.77. The summed E-state index contributed by atoms with van der Waals surface area (Å²) in [6.07, 6.45) is 1.45. The molecule has 0 bridgehead atoms. The second-order valence-corrected chi connectivity index (χ2v) is 2.83. The highest BCUT2D eigenvalue weighted by Crippen LogP contribution is 2.10. The predicted molar refractivity (Wildman–Crippen MR) is 56.5 cm³/mol. The molecule has 0 radical (unpaired) electrons. The summed E-state index contributed by atoms with van der Waals surface area (Å²) in [5, 5.41) is 8.70. The van der Waals surface area contributed by atoms with E-state index in [-0.39, 0.29) is 5.57 Å². The van der Waals surface area contributed by atoms with Gasteiger partial charge in [0.2, 0.25) is 0 Å². The van der Waals surface area contributed by atoms with Crippen molar-refractivity contribution in [2.24, 2.45) is 0 Å². The summed E-state index contributed by atoms with van der Waals surface area (Å²) >= 11 is 0. The highest BCUT2D eigenvalue weighted by Gasteiger charge is 2.07. The lowest BCUT2D eigenvalue weighted by atomic mass is 10.1. The van der Waals surface area contributed by atoms with Gasteiger partial charge < -0.3 is 10.5 Å². The number of hydrogen-bond donors (Lipinski definition) is 1. The zero-order chi connectivity index (χ0) is 11.3. The van der Waals surface area contributed by atoms with Gasteiger partial charge in [-0.1, -0.05) is 12.1 Å². The third kappa shape index (κ3) is 2.85. The van der Waals surface area contributed by atoms with Crippen LogP contribution in [0.4, 0.5) is 5.69 Å². The first-order valence-corrected chi connectivity index (χ1v) is 4.23. The molecule has 0 unspecified atom stereocenters. The van der Waals surface area contributed by atoms with Gasteiger partial charge in [0.15, 0.2) is 0 Å². The van der Waals surface area contributed by atoms with Crippen LogP contribution in [0.25, 0.3) is 6.08 Å². The number of hydrogen-bond acceptors (Lipinski definition) is 4. The van der Waals surface area contributed by atoms with Crippen LogP contribution in [0, 0.1) is 11.3 Å². The van der Waals surface area contributed by atoms with E-state index in [1.165, 1.54) is 13.2 Å². The number of nitrogen functional groups attached to an aromatic ring is 1. The van der Waals surface area contributed by atoms with Gasteiger partial charge in [-0.3, -0.25) is 0 Å². The number of ether oxygens (including phenoxy) is 1. The van der Waals surface area contributed by atoms with Crippen molar-refractivity contribution in [1.82, 2.24) is 0 Å². The number of nitrogens with two attached hydrogens (primary N) is 1. The Morgan fingerprint density at radius 2 is 2.07 bits per heavy atom. The molecule has 76 valence electrons. The molecule has 0 fully saturated rings. The molecule has 0 aliphatic rings. The standard InChI is InChI=1S/C11H10N2O2/c1-15-11(14)9(7-12)6-8-2-4-10(13)5-3-8/h2-6H,13H2,1H3/b9-6+. The second kappa shape index (κ2) is 4.82.